The first-order valence-electron chi connectivity index (χ1n) is 6.95. The van der Waals surface area contributed by atoms with E-state index in [2.05, 4.69) is 5.32 Å². The Morgan fingerprint density at radius 1 is 1.23 bits per heavy atom. The fourth-order valence-electron chi connectivity index (χ4n) is 1.98. The normalized spacial score (nSPS) is 10.3. The Kier molecular flexibility index (Phi) is 5.72. The van der Waals surface area contributed by atoms with Crippen molar-refractivity contribution < 1.29 is 9.53 Å². The average Bonchev–Trinajstić information content (AvgIpc) is 2.49. The van der Waals surface area contributed by atoms with Crippen LogP contribution in [-0.2, 0) is 10.5 Å². The van der Waals surface area contributed by atoms with Crippen molar-refractivity contribution in [3.63, 3.8) is 0 Å². The highest BCUT2D eigenvalue weighted by Crippen LogP contribution is 2.25. The fraction of sp³-hybridized carbons (Fsp3) is 0.235. The van der Waals surface area contributed by atoms with Crippen LogP contribution < -0.4 is 15.8 Å². The van der Waals surface area contributed by atoms with E-state index in [-0.39, 0.29) is 5.91 Å². The predicted molar refractivity (Wildman–Crippen MR) is 93.4 cm³/mol. The molecule has 2 aromatic carbocycles. The number of methoxy groups -OCH3 is 1. The highest BCUT2D eigenvalue weighted by molar-refractivity contribution is 7.99. The van der Waals surface area contributed by atoms with Crippen LogP contribution in [0.2, 0.25) is 0 Å². The van der Waals surface area contributed by atoms with Crippen LogP contribution in [0.1, 0.15) is 11.1 Å². The molecular formula is C17H20N2O2S. The van der Waals surface area contributed by atoms with E-state index in [4.69, 9.17) is 10.5 Å². The molecule has 0 saturated carbocycles. The molecule has 2 aromatic rings. The van der Waals surface area contributed by atoms with E-state index in [1.54, 1.807) is 18.9 Å². The molecule has 0 radical (unpaired) electrons. The number of carbonyl (C=O) groups is 1. The molecular weight excluding hydrogens is 296 g/mol. The number of hydrogen-bond acceptors (Lipinski definition) is 4. The summed E-state index contributed by atoms with van der Waals surface area (Å²) in [5.74, 6) is 1.80. The van der Waals surface area contributed by atoms with Gasteiger partial charge in [0.15, 0.2) is 0 Å². The fourth-order valence-corrected chi connectivity index (χ4v) is 2.77. The van der Waals surface area contributed by atoms with Crippen LogP contribution in [0.4, 0.5) is 11.4 Å². The molecule has 0 spiro atoms. The molecule has 0 aromatic heterocycles. The number of hydrogen-bond donors (Lipinski definition) is 2. The summed E-state index contributed by atoms with van der Waals surface area (Å²) in [5.41, 5.74) is 9.33. The molecule has 0 aliphatic heterocycles. The molecule has 3 N–H and O–H groups in total. The van der Waals surface area contributed by atoms with Crippen LogP contribution >= 0.6 is 11.8 Å². The monoisotopic (exact) mass is 316 g/mol. The first-order valence-corrected chi connectivity index (χ1v) is 8.10. The molecule has 0 unspecified atom stereocenters. The van der Waals surface area contributed by atoms with Gasteiger partial charge in [0.25, 0.3) is 0 Å². The molecule has 1 amide bonds. The van der Waals surface area contributed by atoms with Crippen LogP contribution in [0.25, 0.3) is 0 Å². The predicted octanol–water partition coefficient (Wildman–Crippen LogP) is 3.46. The van der Waals surface area contributed by atoms with Crippen LogP contribution in [0.3, 0.4) is 0 Å². The Hall–Kier alpha value is -2.14. The maximum Gasteiger partial charge on any atom is 0.234 e. The Bertz CT molecular complexity index is 642. The smallest absolute Gasteiger partial charge is 0.234 e. The number of thioether (sulfide) groups is 1. The molecule has 22 heavy (non-hydrogen) atoms. The van der Waals surface area contributed by atoms with Gasteiger partial charge in [0.2, 0.25) is 5.91 Å². The van der Waals surface area contributed by atoms with Gasteiger partial charge in [-0.15, -0.1) is 11.8 Å². The Balaban J connectivity index is 1.85. The lowest BCUT2D eigenvalue weighted by Crippen LogP contribution is -2.15. The van der Waals surface area contributed by atoms with Gasteiger partial charge >= 0.3 is 0 Å². The standard InChI is InChI=1S/C17H20N2O2S/c1-12-3-8-16(21-2)15(9-12)19-17(20)11-22-10-13-4-6-14(18)7-5-13/h3-9H,10-11,18H2,1-2H3,(H,19,20). The molecule has 4 nitrogen and oxygen atoms in total. The second-order valence-corrected chi connectivity index (χ2v) is 5.97. The van der Waals surface area contributed by atoms with E-state index in [0.717, 1.165) is 22.6 Å². The lowest BCUT2D eigenvalue weighted by atomic mass is 10.2. The number of nitrogens with two attached hydrogens (primary N) is 1. The largest absolute Gasteiger partial charge is 0.495 e. The molecule has 0 saturated heterocycles. The lowest BCUT2D eigenvalue weighted by molar-refractivity contribution is -0.113. The number of carbonyl (C=O) groups excluding carboxylic acids is 1. The molecule has 2 rings (SSSR count). The summed E-state index contributed by atoms with van der Waals surface area (Å²) in [4.78, 5) is 12.0. The van der Waals surface area contributed by atoms with Gasteiger partial charge in [0, 0.05) is 11.4 Å². The number of anilines is 2. The number of ether oxygens (including phenoxy) is 1. The van der Waals surface area contributed by atoms with Crippen LogP contribution in [0, 0.1) is 6.92 Å². The first-order chi connectivity index (χ1) is 10.6. The maximum atomic E-state index is 12.0. The molecule has 0 atom stereocenters. The van der Waals surface area contributed by atoms with Crippen molar-refractivity contribution in [2.75, 3.05) is 23.9 Å². The zero-order valence-electron chi connectivity index (χ0n) is 12.8. The van der Waals surface area contributed by atoms with Crippen molar-refractivity contribution >= 4 is 29.0 Å². The molecule has 116 valence electrons. The SMILES string of the molecule is COc1ccc(C)cc1NC(=O)CSCc1ccc(N)cc1. The number of rotatable bonds is 6. The van der Waals surface area contributed by atoms with Gasteiger partial charge in [0.05, 0.1) is 18.6 Å². The molecule has 5 heteroatoms. The summed E-state index contributed by atoms with van der Waals surface area (Å²) in [6.45, 7) is 1.98. The number of nitrogen functional groups attached to an aromatic ring is 1. The zero-order chi connectivity index (χ0) is 15.9. The van der Waals surface area contributed by atoms with Crippen molar-refractivity contribution in [1.29, 1.82) is 0 Å². The zero-order valence-corrected chi connectivity index (χ0v) is 13.6. The van der Waals surface area contributed by atoms with Crippen LogP contribution in [-0.4, -0.2) is 18.8 Å². The summed E-state index contributed by atoms with van der Waals surface area (Å²) in [5, 5.41) is 2.89. The average molecular weight is 316 g/mol. The summed E-state index contributed by atoms with van der Waals surface area (Å²) < 4.78 is 5.25. The van der Waals surface area contributed by atoms with Gasteiger partial charge < -0.3 is 15.8 Å². The summed E-state index contributed by atoms with van der Waals surface area (Å²) >= 11 is 1.56. The van der Waals surface area contributed by atoms with Crippen molar-refractivity contribution in [1.82, 2.24) is 0 Å². The van der Waals surface area contributed by atoms with Gasteiger partial charge in [0.1, 0.15) is 5.75 Å². The summed E-state index contributed by atoms with van der Waals surface area (Å²) in [6.07, 6.45) is 0. The van der Waals surface area contributed by atoms with E-state index in [1.165, 1.54) is 0 Å². The Morgan fingerprint density at radius 2 is 1.95 bits per heavy atom. The minimum absolute atomic E-state index is 0.0376. The molecule has 0 aliphatic carbocycles. The van der Waals surface area contributed by atoms with E-state index >= 15 is 0 Å². The maximum absolute atomic E-state index is 12.0. The minimum Gasteiger partial charge on any atom is -0.495 e. The van der Waals surface area contributed by atoms with E-state index in [1.807, 2.05) is 49.4 Å². The van der Waals surface area contributed by atoms with Crippen molar-refractivity contribution in [3.05, 3.63) is 53.6 Å². The van der Waals surface area contributed by atoms with Crippen molar-refractivity contribution in [2.24, 2.45) is 0 Å². The number of amides is 1. The van der Waals surface area contributed by atoms with Crippen molar-refractivity contribution in [3.8, 4) is 5.75 Å². The third-order valence-corrected chi connectivity index (χ3v) is 4.11. The van der Waals surface area contributed by atoms with Gasteiger partial charge in [-0.05, 0) is 42.3 Å². The van der Waals surface area contributed by atoms with Gasteiger partial charge in [-0.3, -0.25) is 4.79 Å². The molecule has 0 aliphatic rings. The van der Waals surface area contributed by atoms with E-state index in [0.29, 0.717) is 17.2 Å². The molecule has 0 fully saturated rings. The van der Waals surface area contributed by atoms with Gasteiger partial charge in [-0.1, -0.05) is 18.2 Å². The third-order valence-electron chi connectivity index (χ3n) is 3.11. The van der Waals surface area contributed by atoms with E-state index in [9.17, 15) is 4.79 Å². The molecule has 0 bridgehead atoms. The number of nitrogens with one attached hydrogen (secondary N) is 1. The Labute approximate surface area is 135 Å². The van der Waals surface area contributed by atoms with E-state index < -0.39 is 0 Å². The highest BCUT2D eigenvalue weighted by atomic mass is 32.2. The second-order valence-electron chi connectivity index (χ2n) is 4.99. The van der Waals surface area contributed by atoms with Crippen molar-refractivity contribution in [2.45, 2.75) is 12.7 Å². The second kappa shape index (κ2) is 7.75. The molecule has 0 heterocycles. The quantitative estimate of drug-likeness (QED) is 0.801. The summed E-state index contributed by atoms with van der Waals surface area (Å²) in [7, 11) is 1.59. The number of benzene rings is 2. The topological polar surface area (TPSA) is 64.3 Å². The minimum atomic E-state index is -0.0376. The lowest BCUT2D eigenvalue weighted by Gasteiger charge is -2.11. The summed E-state index contributed by atoms with van der Waals surface area (Å²) in [6, 6.07) is 13.4. The van der Waals surface area contributed by atoms with Crippen LogP contribution in [0.5, 0.6) is 5.75 Å². The first kappa shape index (κ1) is 16.2. The van der Waals surface area contributed by atoms with Gasteiger partial charge in [-0.25, -0.2) is 0 Å². The van der Waals surface area contributed by atoms with Gasteiger partial charge in [-0.2, -0.15) is 0 Å². The third kappa shape index (κ3) is 4.70. The Morgan fingerprint density at radius 3 is 2.64 bits per heavy atom. The number of aryl methyl sites for hydroxylation is 1. The van der Waals surface area contributed by atoms with Crippen LogP contribution in [0.15, 0.2) is 42.5 Å². The highest BCUT2D eigenvalue weighted by Gasteiger charge is 2.08.